The van der Waals surface area contributed by atoms with Crippen LogP contribution in [-0.2, 0) is 22.4 Å². The maximum atomic E-state index is 13.1. The van der Waals surface area contributed by atoms with Crippen molar-refractivity contribution in [3.63, 3.8) is 0 Å². The van der Waals surface area contributed by atoms with Gasteiger partial charge in [-0.1, -0.05) is 36.4 Å². The van der Waals surface area contributed by atoms with Gasteiger partial charge in [-0.3, -0.25) is 9.69 Å². The van der Waals surface area contributed by atoms with Crippen molar-refractivity contribution in [1.82, 2.24) is 14.6 Å². The number of Topliss-reactive ketones (excluding diaryl/α,β-unsaturated/α-hetero) is 1. The van der Waals surface area contributed by atoms with Crippen LogP contribution in [0.2, 0.25) is 0 Å². The summed E-state index contributed by atoms with van der Waals surface area (Å²) in [5, 5.41) is 7.76. The molecular formula is C31H26FN5O4. The average molecular weight is 552 g/mol. The molecule has 0 spiro atoms. The number of benzene rings is 3. The van der Waals surface area contributed by atoms with Crippen LogP contribution in [0.1, 0.15) is 11.1 Å². The van der Waals surface area contributed by atoms with E-state index in [0.717, 1.165) is 22.3 Å². The number of anilines is 3. The summed E-state index contributed by atoms with van der Waals surface area (Å²) in [6, 6.07) is 23.1. The topological polar surface area (TPSA) is 98.1 Å². The third-order valence-electron chi connectivity index (χ3n) is 6.84. The zero-order chi connectivity index (χ0) is 28.3. The monoisotopic (exact) mass is 551 g/mol. The number of carbonyl (C=O) groups is 2. The third kappa shape index (κ3) is 5.72. The Bertz CT molecular complexity index is 1730. The van der Waals surface area contributed by atoms with Gasteiger partial charge < -0.3 is 14.8 Å². The van der Waals surface area contributed by atoms with Crippen molar-refractivity contribution in [2.24, 2.45) is 0 Å². The minimum absolute atomic E-state index is 0.0678. The number of methoxy groups -OCH3 is 1. The van der Waals surface area contributed by atoms with Crippen LogP contribution >= 0.6 is 0 Å². The first-order chi connectivity index (χ1) is 19.9. The number of halogens is 1. The summed E-state index contributed by atoms with van der Waals surface area (Å²) in [6.07, 6.45) is 2.09. The van der Waals surface area contributed by atoms with E-state index in [2.05, 4.69) is 15.4 Å². The molecule has 0 saturated carbocycles. The number of amides is 1. The van der Waals surface area contributed by atoms with Crippen LogP contribution in [0.25, 0.3) is 16.8 Å². The Hall–Kier alpha value is -5.25. The molecule has 3 heterocycles. The molecule has 1 N–H and O–H groups in total. The average Bonchev–Trinajstić information content (AvgIpc) is 3.59. The highest BCUT2D eigenvalue weighted by atomic mass is 19.1. The van der Waals surface area contributed by atoms with Gasteiger partial charge in [0, 0.05) is 30.7 Å². The van der Waals surface area contributed by atoms with Crippen molar-refractivity contribution in [3.8, 4) is 16.9 Å². The van der Waals surface area contributed by atoms with E-state index in [-0.39, 0.29) is 24.1 Å². The zero-order valence-electron chi connectivity index (χ0n) is 22.2. The van der Waals surface area contributed by atoms with Crippen LogP contribution in [-0.4, -0.2) is 46.7 Å². The molecule has 1 aliphatic heterocycles. The standard InChI is InChI=1S/C31H26FN5O4/c1-40-28-18-25(36-14-15-41-31(36)39)11-12-27(28)33-30-34-29-13-8-23(19-37(29)35-30)22-6-2-20(3-7-22)16-26(38)17-21-4-9-24(32)10-5-21/h2-13,18-19H,14-17H2,1H3,(H,33,35). The van der Waals surface area contributed by atoms with Crippen LogP contribution < -0.4 is 15.0 Å². The van der Waals surface area contributed by atoms with Gasteiger partial charge in [0.25, 0.3) is 0 Å². The van der Waals surface area contributed by atoms with Crippen LogP contribution in [0.15, 0.2) is 85.1 Å². The highest BCUT2D eigenvalue weighted by Crippen LogP contribution is 2.32. The van der Waals surface area contributed by atoms with E-state index in [1.807, 2.05) is 54.7 Å². The highest BCUT2D eigenvalue weighted by molar-refractivity contribution is 5.90. The lowest BCUT2D eigenvalue weighted by Crippen LogP contribution is -2.23. The number of aromatic nitrogens is 3. The molecule has 0 unspecified atom stereocenters. The summed E-state index contributed by atoms with van der Waals surface area (Å²) in [7, 11) is 1.56. The number of nitrogens with zero attached hydrogens (tertiary/aromatic N) is 4. The minimum Gasteiger partial charge on any atom is -0.494 e. The Labute approximate surface area is 235 Å². The normalized spacial score (nSPS) is 12.9. The Morgan fingerprint density at radius 1 is 0.976 bits per heavy atom. The fourth-order valence-corrected chi connectivity index (χ4v) is 4.74. The van der Waals surface area contributed by atoms with Gasteiger partial charge in [-0.25, -0.2) is 13.7 Å². The number of cyclic esters (lactones) is 1. The fourth-order valence-electron chi connectivity index (χ4n) is 4.74. The molecule has 41 heavy (non-hydrogen) atoms. The third-order valence-corrected chi connectivity index (χ3v) is 6.84. The smallest absolute Gasteiger partial charge is 0.414 e. The molecule has 206 valence electrons. The molecule has 0 radical (unpaired) electrons. The van der Waals surface area contributed by atoms with Crippen molar-refractivity contribution in [1.29, 1.82) is 0 Å². The number of fused-ring (bicyclic) bond motifs is 1. The number of carbonyl (C=O) groups excluding carboxylic acids is 2. The maximum absolute atomic E-state index is 13.1. The second kappa shape index (κ2) is 11.1. The van der Waals surface area contributed by atoms with Gasteiger partial charge in [-0.05, 0) is 53.1 Å². The first-order valence-corrected chi connectivity index (χ1v) is 13.1. The van der Waals surface area contributed by atoms with E-state index in [0.29, 0.717) is 48.3 Å². The van der Waals surface area contributed by atoms with Gasteiger partial charge in [0.05, 0.1) is 25.0 Å². The highest BCUT2D eigenvalue weighted by Gasteiger charge is 2.24. The van der Waals surface area contributed by atoms with Crippen LogP contribution in [0.4, 0.5) is 26.5 Å². The summed E-state index contributed by atoms with van der Waals surface area (Å²) >= 11 is 0. The molecule has 1 fully saturated rings. The number of nitrogens with one attached hydrogen (secondary N) is 1. The predicted molar refractivity (Wildman–Crippen MR) is 152 cm³/mol. The molecular weight excluding hydrogens is 525 g/mol. The van der Waals surface area contributed by atoms with Crippen molar-refractivity contribution in [3.05, 3.63) is 102 Å². The number of ketones is 1. The maximum Gasteiger partial charge on any atom is 0.414 e. The first kappa shape index (κ1) is 26.0. The van der Waals surface area contributed by atoms with E-state index in [1.165, 1.54) is 12.1 Å². The quantitative estimate of drug-likeness (QED) is 0.255. The molecule has 0 aliphatic carbocycles. The van der Waals surface area contributed by atoms with E-state index in [9.17, 15) is 14.0 Å². The molecule has 6 rings (SSSR count). The Morgan fingerprint density at radius 2 is 1.68 bits per heavy atom. The molecule has 1 aliphatic rings. The molecule has 0 bridgehead atoms. The summed E-state index contributed by atoms with van der Waals surface area (Å²) in [4.78, 5) is 30.5. The van der Waals surface area contributed by atoms with Gasteiger partial charge in [0.1, 0.15) is 24.0 Å². The summed E-state index contributed by atoms with van der Waals surface area (Å²) in [5.74, 6) is 0.687. The summed E-state index contributed by atoms with van der Waals surface area (Å²) in [6.45, 7) is 0.848. The molecule has 3 aromatic carbocycles. The molecule has 10 heteroatoms. The number of hydrogen-bond acceptors (Lipinski definition) is 7. The SMILES string of the molecule is COc1cc(N2CCOC2=O)ccc1Nc1nc2ccc(-c3ccc(CC(=O)Cc4ccc(F)cc4)cc3)cn2n1. The van der Waals surface area contributed by atoms with Gasteiger partial charge >= 0.3 is 6.09 Å². The first-order valence-electron chi connectivity index (χ1n) is 13.1. The molecule has 9 nitrogen and oxygen atoms in total. The summed E-state index contributed by atoms with van der Waals surface area (Å²) < 4.78 is 25.4. The van der Waals surface area contributed by atoms with Crippen molar-refractivity contribution < 1.29 is 23.5 Å². The Morgan fingerprint density at radius 3 is 2.37 bits per heavy atom. The molecule has 5 aromatic rings. The van der Waals surface area contributed by atoms with Crippen molar-refractivity contribution >= 4 is 34.8 Å². The second-order valence-electron chi connectivity index (χ2n) is 9.65. The van der Waals surface area contributed by atoms with Crippen LogP contribution in [0, 0.1) is 5.82 Å². The molecule has 1 amide bonds. The lowest BCUT2D eigenvalue weighted by Gasteiger charge is -2.16. The molecule has 2 aromatic heterocycles. The number of ether oxygens (including phenoxy) is 2. The number of rotatable bonds is 9. The largest absolute Gasteiger partial charge is 0.494 e. The van der Waals surface area contributed by atoms with E-state index in [1.54, 1.807) is 34.7 Å². The minimum atomic E-state index is -0.379. The Kier molecular flexibility index (Phi) is 7.03. The summed E-state index contributed by atoms with van der Waals surface area (Å²) in [5.41, 5.74) is 5.63. The fraction of sp³-hybridized carbons (Fsp3) is 0.161. The second-order valence-corrected chi connectivity index (χ2v) is 9.65. The number of pyridine rings is 1. The van der Waals surface area contributed by atoms with Crippen molar-refractivity contribution in [2.45, 2.75) is 12.8 Å². The molecule has 0 atom stereocenters. The van der Waals surface area contributed by atoms with E-state index < -0.39 is 0 Å². The van der Waals surface area contributed by atoms with Gasteiger partial charge in [0.15, 0.2) is 5.65 Å². The van der Waals surface area contributed by atoms with Gasteiger partial charge in [-0.15, -0.1) is 5.10 Å². The Balaban J connectivity index is 1.14. The zero-order valence-corrected chi connectivity index (χ0v) is 22.2. The lowest BCUT2D eigenvalue weighted by atomic mass is 10.0. The van der Waals surface area contributed by atoms with E-state index in [4.69, 9.17) is 9.47 Å². The molecule has 1 saturated heterocycles. The predicted octanol–water partition coefficient (Wildman–Crippen LogP) is 5.60. The van der Waals surface area contributed by atoms with Gasteiger partial charge in [-0.2, -0.15) is 4.98 Å². The van der Waals surface area contributed by atoms with Crippen molar-refractivity contribution in [2.75, 3.05) is 30.5 Å². The van der Waals surface area contributed by atoms with Gasteiger partial charge in [0.2, 0.25) is 5.95 Å². The van der Waals surface area contributed by atoms with E-state index >= 15 is 0 Å². The number of hydrogen-bond donors (Lipinski definition) is 1. The van der Waals surface area contributed by atoms with Crippen LogP contribution in [0.5, 0.6) is 5.75 Å². The lowest BCUT2D eigenvalue weighted by molar-refractivity contribution is -0.117. The van der Waals surface area contributed by atoms with Crippen LogP contribution in [0.3, 0.4) is 0 Å².